The molecule has 5 nitrogen and oxygen atoms in total. The number of aryl methyl sites for hydroxylation is 1. The fourth-order valence-corrected chi connectivity index (χ4v) is 3.67. The summed E-state index contributed by atoms with van der Waals surface area (Å²) in [6.07, 6.45) is 2.45. The van der Waals surface area contributed by atoms with E-state index in [-0.39, 0.29) is 29.9 Å². The topological polar surface area (TPSA) is 49.9 Å². The second kappa shape index (κ2) is 11.0. The summed E-state index contributed by atoms with van der Waals surface area (Å²) in [6, 6.07) is 14.0. The van der Waals surface area contributed by atoms with E-state index < -0.39 is 5.82 Å². The molecule has 1 saturated heterocycles. The van der Waals surface area contributed by atoms with Gasteiger partial charge in [0.05, 0.1) is 18.1 Å². The van der Waals surface area contributed by atoms with Gasteiger partial charge in [0.2, 0.25) is 11.8 Å². The van der Waals surface area contributed by atoms with E-state index >= 15 is 0 Å². The van der Waals surface area contributed by atoms with Crippen LogP contribution in [0.15, 0.2) is 48.5 Å². The average molecular weight is 433 g/mol. The van der Waals surface area contributed by atoms with Crippen molar-refractivity contribution in [2.24, 2.45) is 0 Å². The molecule has 0 aromatic heterocycles. The highest BCUT2D eigenvalue weighted by molar-refractivity contribution is 6.32. The minimum absolute atomic E-state index is 0.0237. The molecular weight excluding hydrogens is 407 g/mol. The molecule has 30 heavy (non-hydrogen) atoms. The van der Waals surface area contributed by atoms with Gasteiger partial charge in [0.25, 0.3) is 0 Å². The van der Waals surface area contributed by atoms with Gasteiger partial charge in [-0.2, -0.15) is 0 Å². The van der Waals surface area contributed by atoms with E-state index in [2.05, 4.69) is 12.1 Å². The molecule has 0 atom stereocenters. The largest absolute Gasteiger partial charge is 0.491 e. The molecule has 0 spiro atoms. The van der Waals surface area contributed by atoms with E-state index in [1.807, 2.05) is 23.1 Å². The monoisotopic (exact) mass is 432 g/mol. The van der Waals surface area contributed by atoms with Crippen molar-refractivity contribution < 1.29 is 18.7 Å². The van der Waals surface area contributed by atoms with Crippen molar-refractivity contribution in [2.45, 2.75) is 25.7 Å². The van der Waals surface area contributed by atoms with Crippen LogP contribution in [0.5, 0.6) is 5.75 Å². The fraction of sp³-hybridized carbons (Fsp3) is 0.391. The summed E-state index contributed by atoms with van der Waals surface area (Å²) in [5.41, 5.74) is 1.24. The molecule has 1 aliphatic heterocycles. The number of ether oxygens (including phenoxy) is 1. The third-order valence-corrected chi connectivity index (χ3v) is 5.45. The first kappa shape index (κ1) is 22.1. The van der Waals surface area contributed by atoms with Crippen LogP contribution in [0.3, 0.4) is 0 Å². The molecule has 2 aromatic carbocycles. The van der Waals surface area contributed by atoms with Gasteiger partial charge in [-0.3, -0.25) is 9.59 Å². The van der Waals surface area contributed by atoms with Crippen LogP contribution in [0.2, 0.25) is 5.02 Å². The predicted molar refractivity (Wildman–Crippen MR) is 114 cm³/mol. The summed E-state index contributed by atoms with van der Waals surface area (Å²) in [5.74, 6) is 0.0458. The van der Waals surface area contributed by atoms with Crippen LogP contribution in [-0.4, -0.2) is 54.4 Å². The van der Waals surface area contributed by atoms with Crippen molar-refractivity contribution in [3.63, 3.8) is 0 Å². The van der Waals surface area contributed by atoms with Crippen molar-refractivity contribution in [1.29, 1.82) is 0 Å². The molecule has 2 amide bonds. The fourth-order valence-electron chi connectivity index (χ4n) is 3.45. The minimum atomic E-state index is -0.434. The van der Waals surface area contributed by atoms with Gasteiger partial charge in [0.1, 0.15) is 11.6 Å². The lowest BCUT2D eigenvalue weighted by Gasteiger charge is -2.35. The Hall–Kier alpha value is -2.60. The third kappa shape index (κ3) is 6.46. The highest BCUT2D eigenvalue weighted by Crippen LogP contribution is 2.25. The van der Waals surface area contributed by atoms with Gasteiger partial charge in [-0.1, -0.05) is 41.9 Å². The zero-order chi connectivity index (χ0) is 21.3. The van der Waals surface area contributed by atoms with Gasteiger partial charge in [-0.25, -0.2) is 4.39 Å². The van der Waals surface area contributed by atoms with Crippen LogP contribution < -0.4 is 4.74 Å². The van der Waals surface area contributed by atoms with Crippen LogP contribution >= 0.6 is 11.6 Å². The van der Waals surface area contributed by atoms with Crippen LogP contribution in [0, 0.1) is 5.82 Å². The van der Waals surface area contributed by atoms with Crippen LogP contribution in [0.4, 0.5) is 4.39 Å². The molecule has 1 fully saturated rings. The quantitative estimate of drug-likeness (QED) is 0.634. The number of hydrogen-bond donors (Lipinski definition) is 0. The van der Waals surface area contributed by atoms with Crippen LogP contribution in [0.1, 0.15) is 24.8 Å². The number of halogens is 2. The van der Waals surface area contributed by atoms with E-state index in [9.17, 15) is 14.0 Å². The molecular formula is C23H26ClFN2O3. The SMILES string of the molecule is O=C(CCCc1ccccc1)N1CCN(C(=O)CCOc2ccc(F)cc2Cl)CC1. The molecule has 2 aromatic rings. The third-order valence-electron chi connectivity index (χ3n) is 5.15. The predicted octanol–water partition coefficient (Wildman–Crippen LogP) is 3.94. The van der Waals surface area contributed by atoms with Gasteiger partial charge < -0.3 is 14.5 Å². The molecule has 0 bridgehead atoms. The number of carbonyl (C=O) groups excluding carboxylic acids is 2. The van der Waals surface area contributed by atoms with Gasteiger partial charge in [-0.15, -0.1) is 0 Å². The van der Waals surface area contributed by atoms with Gasteiger partial charge in [-0.05, 0) is 36.6 Å². The maximum atomic E-state index is 13.0. The van der Waals surface area contributed by atoms with E-state index in [1.54, 1.807) is 4.90 Å². The molecule has 0 saturated carbocycles. The number of nitrogens with zero attached hydrogens (tertiary/aromatic N) is 2. The highest BCUT2D eigenvalue weighted by atomic mass is 35.5. The second-order valence-electron chi connectivity index (χ2n) is 7.27. The number of amides is 2. The Bertz CT molecular complexity index is 855. The van der Waals surface area contributed by atoms with Crippen molar-refractivity contribution in [2.75, 3.05) is 32.8 Å². The van der Waals surface area contributed by atoms with E-state index in [0.29, 0.717) is 38.3 Å². The van der Waals surface area contributed by atoms with Crippen molar-refractivity contribution in [1.82, 2.24) is 9.80 Å². The minimum Gasteiger partial charge on any atom is -0.491 e. The summed E-state index contributed by atoms with van der Waals surface area (Å²) < 4.78 is 18.5. The molecule has 0 aliphatic carbocycles. The first-order chi connectivity index (χ1) is 14.5. The molecule has 3 rings (SSSR count). The Kier molecular flexibility index (Phi) is 8.08. The lowest BCUT2D eigenvalue weighted by atomic mass is 10.1. The summed E-state index contributed by atoms with van der Waals surface area (Å²) >= 11 is 5.91. The molecule has 0 unspecified atom stereocenters. The normalized spacial score (nSPS) is 13.9. The van der Waals surface area contributed by atoms with Gasteiger partial charge >= 0.3 is 0 Å². The Morgan fingerprint density at radius 1 is 0.933 bits per heavy atom. The molecule has 0 N–H and O–H groups in total. The number of piperazine rings is 1. The van der Waals surface area contributed by atoms with Crippen molar-refractivity contribution in [3.05, 3.63) is 64.9 Å². The van der Waals surface area contributed by atoms with E-state index in [4.69, 9.17) is 16.3 Å². The Balaban J connectivity index is 1.34. The van der Waals surface area contributed by atoms with Crippen LogP contribution in [0.25, 0.3) is 0 Å². The summed E-state index contributed by atoms with van der Waals surface area (Å²) in [6.45, 7) is 2.34. The van der Waals surface area contributed by atoms with Gasteiger partial charge in [0, 0.05) is 32.6 Å². The first-order valence-corrected chi connectivity index (χ1v) is 10.6. The molecule has 1 heterocycles. The maximum Gasteiger partial charge on any atom is 0.226 e. The number of carbonyl (C=O) groups is 2. The lowest BCUT2D eigenvalue weighted by molar-refractivity contribution is -0.139. The Morgan fingerprint density at radius 2 is 1.57 bits per heavy atom. The smallest absolute Gasteiger partial charge is 0.226 e. The standard InChI is InChI=1S/C23H26ClFN2O3/c24-20-17-19(25)9-10-21(20)30-16-11-23(29)27-14-12-26(13-15-27)22(28)8-4-7-18-5-2-1-3-6-18/h1-3,5-6,9-10,17H,4,7-8,11-16H2. The lowest BCUT2D eigenvalue weighted by Crippen LogP contribution is -2.50. The molecule has 1 aliphatic rings. The highest BCUT2D eigenvalue weighted by Gasteiger charge is 2.23. The van der Waals surface area contributed by atoms with Crippen molar-refractivity contribution in [3.8, 4) is 5.75 Å². The molecule has 160 valence electrons. The number of benzene rings is 2. The molecule has 7 heteroatoms. The number of hydrogen-bond acceptors (Lipinski definition) is 3. The zero-order valence-corrected chi connectivity index (χ0v) is 17.6. The summed E-state index contributed by atoms with van der Waals surface area (Å²) in [5, 5.41) is 0.182. The number of rotatable bonds is 8. The van der Waals surface area contributed by atoms with Crippen LogP contribution in [-0.2, 0) is 16.0 Å². The zero-order valence-electron chi connectivity index (χ0n) is 16.9. The second-order valence-corrected chi connectivity index (χ2v) is 7.68. The molecule has 0 radical (unpaired) electrons. The maximum absolute atomic E-state index is 13.0. The first-order valence-electron chi connectivity index (χ1n) is 10.2. The Labute approximate surface area is 181 Å². The van der Waals surface area contributed by atoms with E-state index in [1.165, 1.54) is 23.8 Å². The average Bonchev–Trinajstić information content (AvgIpc) is 2.76. The Morgan fingerprint density at radius 3 is 2.20 bits per heavy atom. The van der Waals surface area contributed by atoms with Crippen molar-refractivity contribution >= 4 is 23.4 Å². The van der Waals surface area contributed by atoms with Gasteiger partial charge in [0.15, 0.2) is 0 Å². The van der Waals surface area contributed by atoms with E-state index in [0.717, 1.165) is 12.8 Å². The summed E-state index contributed by atoms with van der Waals surface area (Å²) in [7, 11) is 0. The summed E-state index contributed by atoms with van der Waals surface area (Å²) in [4.78, 5) is 28.4.